The highest BCUT2D eigenvalue weighted by Gasteiger charge is 2.18. The topological polar surface area (TPSA) is 80.7 Å². The van der Waals surface area contributed by atoms with E-state index in [1.54, 1.807) is 18.2 Å². The zero-order valence-electron chi connectivity index (χ0n) is 10.8. The van der Waals surface area contributed by atoms with E-state index in [-0.39, 0.29) is 17.1 Å². The lowest BCUT2D eigenvalue weighted by Gasteiger charge is -2.08. The van der Waals surface area contributed by atoms with Gasteiger partial charge in [-0.1, -0.05) is 18.6 Å². The van der Waals surface area contributed by atoms with Gasteiger partial charge in [0.15, 0.2) is 9.84 Å². The molecule has 0 heterocycles. The summed E-state index contributed by atoms with van der Waals surface area (Å²) >= 11 is 0. The quantitative estimate of drug-likeness (QED) is 0.740. The third-order valence-corrected chi connectivity index (χ3v) is 4.54. The number of carbonyl (C=O) groups is 1. The van der Waals surface area contributed by atoms with Crippen LogP contribution in [0, 0.1) is 0 Å². The highest BCUT2D eigenvalue weighted by molar-refractivity contribution is 7.91. The molecule has 0 radical (unpaired) electrons. The second-order valence-corrected chi connectivity index (χ2v) is 6.25. The van der Waals surface area contributed by atoms with E-state index in [4.69, 9.17) is 9.84 Å². The van der Waals surface area contributed by atoms with E-state index in [1.807, 2.05) is 0 Å². The first kappa shape index (κ1) is 15.5. The molecule has 0 amide bonds. The summed E-state index contributed by atoms with van der Waals surface area (Å²) in [6.07, 6.45) is 1.61. The predicted molar refractivity (Wildman–Crippen MR) is 71.2 cm³/mol. The van der Waals surface area contributed by atoms with E-state index in [0.717, 1.165) is 0 Å². The molecule has 0 aliphatic heterocycles. The second kappa shape index (κ2) is 7.13. The monoisotopic (exact) mass is 286 g/mol. The number of hydrogen-bond acceptors (Lipinski definition) is 4. The van der Waals surface area contributed by atoms with Gasteiger partial charge in [-0.15, -0.1) is 0 Å². The maximum absolute atomic E-state index is 12.1. The molecule has 0 aliphatic carbocycles. The van der Waals surface area contributed by atoms with Crippen LogP contribution in [0.4, 0.5) is 0 Å². The molecule has 1 N–H and O–H groups in total. The number of ether oxygens (including phenoxy) is 1. The Morgan fingerprint density at radius 1 is 1.21 bits per heavy atom. The van der Waals surface area contributed by atoms with Crippen molar-refractivity contribution in [2.75, 3.05) is 12.9 Å². The summed E-state index contributed by atoms with van der Waals surface area (Å²) in [4.78, 5) is 10.5. The van der Waals surface area contributed by atoms with Gasteiger partial charge in [0.05, 0.1) is 12.9 Å². The second-order valence-electron chi connectivity index (χ2n) is 4.17. The maximum atomic E-state index is 12.1. The first-order chi connectivity index (χ1) is 8.97. The van der Waals surface area contributed by atoms with Crippen LogP contribution in [-0.4, -0.2) is 32.4 Å². The molecule has 0 spiro atoms. The largest absolute Gasteiger partial charge is 0.495 e. The van der Waals surface area contributed by atoms with Gasteiger partial charge >= 0.3 is 5.97 Å². The van der Waals surface area contributed by atoms with Crippen LogP contribution in [0.15, 0.2) is 29.2 Å². The molecule has 0 fully saturated rings. The zero-order valence-corrected chi connectivity index (χ0v) is 11.6. The summed E-state index contributed by atoms with van der Waals surface area (Å²) in [6.45, 7) is 0. The van der Waals surface area contributed by atoms with Gasteiger partial charge in [0.25, 0.3) is 0 Å². The number of hydrogen-bond donors (Lipinski definition) is 1. The molecule has 106 valence electrons. The smallest absolute Gasteiger partial charge is 0.303 e. The number of unbranched alkanes of at least 4 members (excludes halogenated alkanes) is 2. The average molecular weight is 286 g/mol. The molecule has 0 bridgehead atoms. The summed E-state index contributed by atoms with van der Waals surface area (Å²) in [5.74, 6) is -0.506. The minimum Gasteiger partial charge on any atom is -0.495 e. The predicted octanol–water partition coefficient (Wildman–Crippen LogP) is 2.11. The van der Waals surface area contributed by atoms with Crippen molar-refractivity contribution in [3.63, 3.8) is 0 Å². The molecule has 0 atom stereocenters. The Labute approximate surface area is 113 Å². The van der Waals surface area contributed by atoms with E-state index < -0.39 is 15.8 Å². The van der Waals surface area contributed by atoms with E-state index in [0.29, 0.717) is 25.0 Å². The lowest BCUT2D eigenvalue weighted by Crippen LogP contribution is -2.08. The summed E-state index contributed by atoms with van der Waals surface area (Å²) in [6, 6.07) is 6.49. The molecule has 0 saturated carbocycles. The van der Waals surface area contributed by atoms with Crippen LogP contribution in [-0.2, 0) is 14.6 Å². The normalized spacial score (nSPS) is 11.2. The Morgan fingerprint density at radius 2 is 1.89 bits per heavy atom. The van der Waals surface area contributed by atoms with Crippen LogP contribution in [0.25, 0.3) is 0 Å². The van der Waals surface area contributed by atoms with E-state index in [2.05, 4.69) is 0 Å². The third kappa shape index (κ3) is 4.90. The van der Waals surface area contributed by atoms with Crippen LogP contribution in [0.5, 0.6) is 5.75 Å². The fourth-order valence-corrected chi connectivity index (χ4v) is 3.28. The summed E-state index contributed by atoms with van der Waals surface area (Å²) in [5.41, 5.74) is 0. The van der Waals surface area contributed by atoms with Crippen molar-refractivity contribution in [1.82, 2.24) is 0 Å². The molecule has 19 heavy (non-hydrogen) atoms. The molecule has 0 aliphatic rings. The van der Waals surface area contributed by atoms with Crippen LogP contribution >= 0.6 is 0 Å². The summed E-state index contributed by atoms with van der Waals surface area (Å²) in [7, 11) is -1.94. The molecule has 0 saturated heterocycles. The Bertz CT molecular complexity index is 522. The van der Waals surface area contributed by atoms with Crippen molar-refractivity contribution in [1.29, 1.82) is 0 Å². The molecule has 0 unspecified atom stereocenters. The van der Waals surface area contributed by atoms with Crippen molar-refractivity contribution in [3.05, 3.63) is 24.3 Å². The zero-order chi connectivity index (χ0) is 14.3. The SMILES string of the molecule is COc1ccccc1S(=O)(=O)CCCCCC(=O)O. The first-order valence-corrected chi connectivity index (χ1v) is 7.70. The lowest BCUT2D eigenvalue weighted by atomic mass is 10.2. The maximum Gasteiger partial charge on any atom is 0.303 e. The number of carboxylic acid groups (broad SMARTS) is 1. The van der Waals surface area contributed by atoms with Crippen LogP contribution in [0.3, 0.4) is 0 Å². The lowest BCUT2D eigenvalue weighted by molar-refractivity contribution is -0.137. The average Bonchev–Trinajstić information content (AvgIpc) is 2.37. The van der Waals surface area contributed by atoms with Gasteiger partial charge < -0.3 is 9.84 Å². The number of benzene rings is 1. The number of carboxylic acids is 1. The third-order valence-electron chi connectivity index (χ3n) is 2.71. The standard InChI is InChI=1S/C13H18O5S/c1-18-11-7-4-5-8-12(11)19(16,17)10-6-2-3-9-13(14)15/h4-5,7-8H,2-3,6,9-10H2,1H3,(H,14,15). The van der Waals surface area contributed by atoms with Gasteiger partial charge in [-0.05, 0) is 25.0 Å². The van der Waals surface area contributed by atoms with Crippen LogP contribution in [0.2, 0.25) is 0 Å². The molecule has 1 aromatic rings. The Balaban J connectivity index is 2.59. The fourth-order valence-electron chi connectivity index (χ4n) is 1.73. The number of para-hydroxylation sites is 1. The first-order valence-electron chi connectivity index (χ1n) is 6.05. The van der Waals surface area contributed by atoms with Gasteiger partial charge in [0.2, 0.25) is 0 Å². The van der Waals surface area contributed by atoms with Gasteiger partial charge in [-0.25, -0.2) is 8.42 Å². The van der Waals surface area contributed by atoms with Crippen molar-refractivity contribution < 1.29 is 23.1 Å². The molecular formula is C13H18O5S. The van der Waals surface area contributed by atoms with Crippen molar-refractivity contribution >= 4 is 15.8 Å². The number of methoxy groups -OCH3 is 1. The van der Waals surface area contributed by atoms with Gasteiger partial charge in [0, 0.05) is 6.42 Å². The highest BCUT2D eigenvalue weighted by Crippen LogP contribution is 2.24. The highest BCUT2D eigenvalue weighted by atomic mass is 32.2. The van der Waals surface area contributed by atoms with Gasteiger partial charge in [-0.2, -0.15) is 0 Å². The van der Waals surface area contributed by atoms with Gasteiger partial charge in [-0.3, -0.25) is 4.79 Å². The van der Waals surface area contributed by atoms with E-state index in [9.17, 15) is 13.2 Å². The van der Waals surface area contributed by atoms with Crippen LogP contribution in [0.1, 0.15) is 25.7 Å². The Kier molecular flexibility index (Phi) is 5.82. The molecule has 1 aromatic carbocycles. The minimum absolute atomic E-state index is 0.00694. The molecule has 0 aromatic heterocycles. The van der Waals surface area contributed by atoms with E-state index in [1.165, 1.54) is 13.2 Å². The van der Waals surface area contributed by atoms with Crippen LogP contribution < -0.4 is 4.74 Å². The Morgan fingerprint density at radius 3 is 2.53 bits per heavy atom. The molecule has 5 nitrogen and oxygen atoms in total. The van der Waals surface area contributed by atoms with Crippen molar-refractivity contribution in [2.45, 2.75) is 30.6 Å². The van der Waals surface area contributed by atoms with E-state index >= 15 is 0 Å². The van der Waals surface area contributed by atoms with Crippen molar-refractivity contribution in [3.8, 4) is 5.75 Å². The number of aliphatic carboxylic acids is 1. The van der Waals surface area contributed by atoms with Gasteiger partial charge in [0.1, 0.15) is 10.6 Å². The van der Waals surface area contributed by atoms with Crippen molar-refractivity contribution in [2.24, 2.45) is 0 Å². The fraction of sp³-hybridized carbons (Fsp3) is 0.462. The molecular weight excluding hydrogens is 268 g/mol. The summed E-state index contributed by atoms with van der Waals surface area (Å²) < 4.78 is 29.3. The molecule has 1 rings (SSSR count). The minimum atomic E-state index is -3.38. The Hall–Kier alpha value is -1.56. The molecule has 6 heteroatoms. The summed E-state index contributed by atoms with van der Waals surface area (Å²) in [5, 5.41) is 8.48. The number of sulfone groups is 1. The number of rotatable bonds is 8.